The molecule has 0 radical (unpaired) electrons. The Balaban J connectivity index is 1.13. The lowest BCUT2D eigenvalue weighted by atomic mass is 9.85. The number of ether oxygens (including phenoxy) is 2. The summed E-state index contributed by atoms with van der Waals surface area (Å²) in [6.07, 6.45) is 4.41. The molecule has 3 atom stereocenters. The van der Waals surface area contributed by atoms with Gasteiger partial charge in [-0.05, 0) is 75.8 Å². The summed E-state index contributed by atoms with van der Waals surface area (Å²) in [5, 5.41) is 5.44. The van der Waals surface area contributed by atoms with E-state index in [-0.39, 0.29) is 30.4 Å². The number of piperidine rings is 1. The fraction of sp³-hybridized carbons (Fsp3) is 0.484. The van der Waals surface area contributed by atoms with Crippen molar-refractivity contribution in [1.82, 2.24) is 5.16 Å². The van der Waals surface area contributed by atoms with E-state index in [0.29, 0.717) is 45.3 Å². The number of benzene rings is 2. The van der Waals surface area contributed by atoms with Crippen molar-refractivity contribution in [3.8, 4) is 11.3 Å². The van der Waals surface area contributed by atoms with Gasteiger partial charge in [0.1, 0.15) is 17.3 Å². The van der Waals surface area contributed by atoms with Crippen molar-refractivity contribution in [2.75, 3.05) is 18.6 Å². The molecular weight excluding hydrogens is 554 g/mol. The molecule has 2 aromatic carbocycles. The van der Waals surface area contributed by atoms with Crippen LogP contribution >= 0.6 is 23.2 Å². The maximum atomic E-state index is 15.1. The van der Waals surface area contributed by atoms with E-state index < -0.39 is 5.41 Å². The second kappa shape index (κ2) is 10.7. The van der Waals surface area contributed by atoms with Gasteiger partial charge in [-0.1, -0.05) is 40.5 Å². The number of carbonyl (C=O) groups excluding carboxylic acids is 1. The van der Waals surface area contributed by atoms with Crippen LogP contribution in [-0.4, -0.2) is 36.9 Å². The van der Waals surface area contributed by atoms with Crippen LogP contribution in [0.5, 0.6) is 0 Å². The van der Waals surface area contributed by atoms with Crippen LogP contribution in [0.4, 0.5) is 10.1 Å². The van der Waals surface area contributed by atoms with Crippen molar-refractivity contribution < 1.29 is 23.2 Å². The van der Waals surface area contributed by atoms with Crippen LogP contribution < -0.4 is 4.90 Å². The Kier molecular flexibility index (Phi) is 7.34. The molecule has 0 N–H and O–H groups in total. The van der Waals surface area contributed by atoms with Crippen molar-refractivity contribution >= 4 is 34.9 Å². The van der Waals surface area contributed by atoms with E-state index in [1.165, 1.54) is 7.11 Å². The first-order chi connectivity index (χ1) is 19.2. The number of halogens is 3. The average Bonchev–Trinajstić information content (AvgIpc) is 3.37. The smallest absolute Gasteiger partial charge is 0.311 e. The van der Waals surface area contributed by atoms with E-state index in [0.717, 1.165) is 49.2 Å². The van der Waals surface area contributed by atoms with Gasteiger partial charge in [-0.3, -0.25) is 4.79 Å². The van der Waals surface area contributed by atoms with Crippen molar-refractivity contribution in [3.05, 3.63) is 69.1 Å². The molecule has 2 aliphatic carbocycles. The second-order valence-corrected chi connectivity index (χ2v) is 12.8. The Labute approximate surface area is 243 Å². The van der Waals surface area contributed by atoms with Gasteiger partial charge in [0.25, 0.3) is 0 Å². The topological polar surface area (TPSA) is 64.8 Å². The van der Waals surface area contributed by atoms with E-state index in [9.17, 15) is 4.79 Å². The van der Waals surface area contributed by atoms with E-state index in [1.807, 2.05) is 12.1 Å². The number of esters is 1. The van der Waals surface area contributed by atoms with Gasteiger partial charge >= 0.3 is 5.97 Å². The molecule has 3 fully saturated rings. The predicted octanol–water partition coefficient (Wildman–Crippen LogP) is 7.59. The van der Waals surface area contributed by atoms with Crippen molar-refractivity contribution in [1.29, 1.82) is 0 Å². The van der Waals surface area contributed by atoms with Gasteiger partial charge in [-0.2, -0.15) is 0 Å². The van der Waals surface area contributed by atoms with Gasteiger partial charge in [-0.15, -0.1) is 0 Å². The summed E-state index contributed by atoms with van der Waals surface area (Å²) in [7, 11) is 1.36. The standard InChI is InChI=1S/C31H33Cl2FN2O4/c1-31(2,30(37)38-3)14-18-9-10-20(12-25(18)34)36-15-19-11-21(36)13-26(19)39-16-22-28(35-40-29(22)17-7-8-17)27-23(32)5-4-6-24(27)33/h4-6,9-10,12,17,19,21,26H,7-8,11,13-16H2,1-3H3/t19-,21-,26+/m0/s1. The number of hydrogen-bond donors (Lipinski definition) is 0. The molecule has 6 rings (SSSR count). The highest BCUT2D eigenvalue weighted by Crippen LogP contribution is 2.47. The van der Waals surface area contributed by atoms with E-state index in [4.69, 9.17) is 37.2 Å². The van der Waals surface area contributed by atoms with Crippen molar-refractivity contribution in [3.63, 3.8) is 0 Å². The zero-order valence-corrected chi connectivity index (χ0v) is 24.4. The molecular formula is C31H33Cl2FN2O4. The predicted molar refractivity (Wildman–Crippen MR) is 152 cm³/mol. The van der Waals surface area contributed by atoms with Gasteiger partial charge in [-0.25, -0.2) is 4.39 Å². The molecule has 1 saturated heterocycles. The lowest BCUT2D eigenvalue weighted by Gasteiger charge is -2.33. The SMILES string of the molecule is COC(=O)C(C)(C)Cc1ccc(N2C[C@@H]3C[C@H]2C[C@H]3OCc2c(-c3c(Cl)cccc3Cl)noc2C2CC2)cc1F. The molecule has 2 bridgehead atoms. The van der Waals surface area contributed by atoms with Gasteiger partial charge < -0.3 is 18.9 Å². The Bertz CT molecular complexity index is 1420. The summed E-state index contributed by atoms with van der Waals surface area (Å²) in [6.45, 7) is 4.74. The van der Waals surface area contributed by atoms with Gasteiger partial charge in [0.05, 0.1) is 35.3 Å². The molecule has 40 heavy (non-hydrogen) atoms. The average molecular weight is 588 g/mol. The van der Waals surface area contributed by atoms with Crippen molar-refractivity contribution in [2.45, 2.75) is 70.6 Å². The minimum atomic E-state index is -0.796. The maximum absolute atomic E-state index is 15.1. The first-order valence-electron chi connectivity index (χ1n) is 13.8. The summed E-state index contributed by atoms with van der Waals surface area (Å²) in [4.78, 5) is 14.3. The molecule has 0 spiro atoms. The molecule has 2 saturated carbocycles. The van der Waals surface area contributed by atoms with Crippen LogP contribution in [-0.2, 0) is 27.3 Å². The third kappa shape index (κ3) is 5.12. The van der Waals surface area contributed by atoms with Crippen LogP contribution in [0.2, 0.25) is 10.0 Å². The lowest BCUT2D eigenvalue weighted by Crippen LogP contribution is -2.38. The molecule has 212 valence electrons. The molecule has 1 aliphatic heterocycles. The number of carbonyl (C=O) groups is 1. The fourth-order valence-corrected chi connectivity index (χ4v) is 6.92. The number of methoxy groups -OCH3 is 1. The number of nitrogens with zero attached hydrogens (tertiary/aromatic N) is 2. The number of anilines is 1. The zero-order valence-electron chi connectivity index (χ0n) is 22.9. The third-order valence-electron chi connectivity index (χ3n) is 8.62. The Morgan fingerprint density at radius 3 is 2.55 bits per heavy atom. The van der Waals surface area contributed by atoms with Crippen LogP contribution in [0.25, 0.3) is 11.3 Å². The van der Waals surface area contributed by atoms with Crippen LogP contribution in [0.3, 0.4) is 0 Å². The summed E-state index contributed by atoms with van der Waals surface area (Å²) in [5.74, 6) is 0.948. The molecule has 9 heteroatoms. The first-order valence-corrected chi connectivity index (χ1v) is 14.6. The fourth-order valence-electron chi connectivity index (χ4n) is 6.35. The number of fused-ring (bicyclic) bond motifs is 2. The quantitative estimate of drug-likeness (QED) is 0.241. The van der Waals surface area contributed by atoms with Crippen LogP contribution in [0, 0.1) is 17.2 Å². The highest BCUT2D eigenvalue weighted by Gasteiger charge is 2.46. The van der Waals surface area contributed by atoms with E-state index in [2.05, 4.69) is 10.1 Å². The molecule has 6 nitrogen and oxygen atoms in total. The minimum Gasteiger partial charge on any atom is -0.469 e. The summed E-state index contributed by atoms with van der Waals surface area (Å²) < 4.78 is 32.3. The van der Waals surface area contributed by atoms with E-state index in [1.54, 1.807) is 38.1 Å². The van der Waals surface area contributed by atoms with Crippen molar-refractivity contribution in [2.24, 2.45) is 11.3 Å². The molecule has 0 amide bonds. The Morgan fingerprint density at radius 1 is 1.18 bits per heavy atom. The highest BCUT2D eigenvalue weighted by molar-refractivity contribution is 6.39. The van der Waals surface area contributed by atoms with Crippen LogP contribution in [0.1, 0.15) is 62.3 Å². The summed E-state index contributed by atoms with van der Waals surface area (Å²) in [6, 6.07) is 11.1. The Hall–Kier alpha value is -2.61. The normalized spacial score (nSPS) is 22.2. The second-order valence-electron chi connectivity index (χ2n) is 12.0. The molecule has 3 aromatic rings. The molecule has 1 aromatic heterocycles. The van der Waals surface area contributed by atoms with Gasteiger partial charge in [0, 0.05) is 41.2 Å². The maximum Gasteiger partial charge on any atom is 0.311 e. The monoisotopic (exact) mass is 586 g/mol. The van der Waals surface area contributed by atoms with Gasteiger partial charge in [0.2, 0.25) is 0 Å². The lowest BCUT2D eigenvalue weighted by molar-refractivity contribution is -0.150. The summed E-state index contributed by atoms with van der Waals surface area (Å²) >= 11 is 13.0. The first kappa shape index (κ1) is 27.6. The minimum absolute atomic E-state index is 0.0998. The molecule has 2 heterocycles. The zero-order chi connectivity index (χ0) is 28.2. The summed E-state index contributed by atoms with van der Waals surface area (Å²) in [5.41, 5.74) is 2.86. The molecule has 3 aliphatic rings. The number of rotatable bonds is 9. The molecule has 0 unspecified atom stereocenters. The largest absolute Gasteiger partial charge is 0.469 e. The highest BCUT2D eigenvalue weighted by atomic mass is 35.5. The Morgan fingerprint density at radius 2 is 1.93 bits per heavy atom. The number of hydrogen-bond acceptors (Lipinski definition) is 6. The van der Waals surface area contributed by atoms with Gasteiger partial charge in [0.15, 0.2) is 0 Å². The number of aromatic nitrogens is 1. The van der Waals surface area contributed by atoms with Crippen LogP contribution in [0.15, 0.2) is 40.9 Å². The van der Waals surface area contributed by atoms with E-state index >= 15 is 4.39 Å². The third-order valence-corrected chi connectivity index (χ3v) is 9.25.